The lowest BCUT2D eigenvalue weighted by Gasteiger charge is -2.34. The first-order valence-electron chi connectivity index (χ1n) is 9.59. The molecule has 1 fully saturated rings. The van der Waals surface area contributed by atoms with E-state index in [1.807, 2.05) is 11.8 Å². The van der Waals surface area contributed by atoms with Gasteiger partial charge in [0.25, 0.3) is 0 Å². The molecule has 2 N–H and O–H groups in total. The number of methoxy groups -OCH3 is 1. The average Bonchev–Trinajstić information content (AvgIpc) is 2.68. The van der Waals surface area contributed by atoms with Gasteiger partial charge in [0.2, 0.25) is 5.91 Å². The third-order valence-electron chi connectivity index (χ3n) is 4.94. The van der Waals surface area contributed by atoms with Crippen molar-refractivity contribution in [2.24, 2.45) is 4.99 Å². The highest BCUT2D eigenvalue weighted by molar-refractivity contribution is 14.0. The Morgan fingerprint density at radius 2 is 1.86 bits per heavy atom. The van der Waals surface area contributed by atoms with Crippen LogP contribution in [0.5, 0.6) is 5.75 Å². The van der Waals surface area contributed by atoms with Crippen molar-refractivity contribution in [3.8, 4) is 5.75 Å². The lowest BCUT2D eigenvalue weighted by molar-refractivity contribution is -0.130. The van der Waals surface area contributed by atoms with E-state index in [9.17, 15) is 4.79 Å². The molecule has 0 saturated carbocycles. The molecule has 1 amide bonds. The number of aryl methyl sites for hydroxylation is 1. The molecule has 28 heavy (non-hydrogen) atoms. The van der Waals surface area contributed by atoms with E-state index in [0.29, 0.717) is 0 Å². The lowest BCUT2D eigenvalue weighted by atomic mass is 10.1. The van der Waals surface area contributed by atoms with Crippen molar-refractivity contribution in [2.75, 3.05) is 60.0 Å². The highest BCUT2D eigenvalue weighted by atomic mass is 127. The fourth-order valence-electron chi connectivity index (χ4n) is 3.18. The number of guanidine groups is 1. The van der Waals surface area contributed by atoms with Crippen molar-refractivity contribution < 1.29 is 9.53 Å². The number of nitrogens with zero attached hydrogens (tertiary/aromatic N) is 3. The van der Waals surface area contributed by atoms with Crippen molar-refractivity contribution in [3.63, 3.8) is 0 Å². The number of hydrogen-bond acceptors (Lipinski definition) is 4. The molecule has 2 rings (SSSR count). The highest BCUT2D eigenvalue weighted by Crippen LogP contribution is 2.18. The van der Waals surface area contributed by atoms with E-state index >= 15 is 0 Å². The Bertz CT molecular complexity index is 645. The number of benzene rings is 1. The molecule has 0 aromatic heterocycles. The van der Waals surface area contributed by atoms with Gasteiger partial charge >= 0.3 is 0 Å². The molecule has 0 radical (unpaired) electrons. The van der Waals surface area contributed by atoms with Gasteiger partial charge in [-0.05, 0) is 30.5 Å². The summed E-state index contributed by atoms with van der Waals surface area (Å²) in [6.07, 6.45) is 0.907. The summed E-state index contributed by atoms with van der Waals surface area (Å²) >= 11 is 0. The van der Waals surface area contributed by atoms with Crippen LogP contribution in [0.3, 0.4) is 0 Å². The van der Waals surface area contributed by atoms with Crippen LogP contribution < -0.4 is 15.4 Å². The number of rotatable bonds is 7. The third kappa shape index (κ3) is 7.83. The zero-order valence-corrected chi connectivity index (χ0v) is 19.8. The van der Waals surface area contributed by atoms with Crippen LogP contribution >= 0.6 is 24.0 Å². The normalized spacial score (nSPS) is 15.0. The van der Waals surface area contributed by atoms with E-state index < -0.39 is 0 Å². The summed E-state index contributed by atoms with van der Waals surface area (Å²) < 4.78 is 5.38. The van der Waals surface area contributed by atoms with Crippen LogP contribution in [0.1, 0.15) is 18.1 Å². The number of halogens is 1. The number of ether oxygens (including phenoxy) is 1. The molecule has 1 heterocycles. The molecule has 0 unspecified atom stereocenters. The van der Waals surface area contributed by atoms with Crippen LogP contribution in [0.2, 0.25) is 0 Å². The topological polar surface area (TPSA) is 69.2 Å². The fraction of sp³-hybridized carbons (Fsp3) is 0.600. The molecular weight excluding hydrogens is 469 g/mol. The van der Waals surface area contributed by atoms with Crippen molar-refractivity contribution in [2.45, 2.75) is 20.3 Å². The second-order valence-corrected chi connectivity index (χ2v) is 6.83. The Kier molecular flexibility index (Phi) is 11.2. The van der Waals surface area contributed by atoms with E-state index in [-0.39, 0.29) is 29.9 Å². The van der Waals surface area contributed by atoms with E-state index in [1.54, 1.807) is 21.1 Å². The minimum atomic E-state index is 0. The van der Waals surface area contributed by atoms with Gasteiger partial charge in [0.1, 0.15) is 5.75 Å². The minimum Gasteiger partial charge on any atom is -0.496 e. The zero-order chi connectivity index (χ0) is 19.6. The number of hydrogen-bond donors (Lipinski definition) is 2. The Hall–Kier alpha value is -1.55. The van der Waals surface area contributed by atoms with E-state index in [0.717, 1.165) is 69.5 Å². The second-order valence-electron chi connectivity index (χ2n) is 6.83. The van der Waals surface area contributed by atoms with Gasteiger partial charge in [-0.3, -0.25) is 14.7 Å². The Morgan fingerprint density at radius 3 is 2.46 bits per heavy atom. The number of carbonyl (C=O) groups excluding carboxylic acids is 1. The first kappa shape index (κ1) is 24.5. The molecule has 1 aliphatic rings. The molecule has 0 bridgehead atoms. The van der Waals surface area contributed by atoms with Crippen LogP contribution in [0.4, 0.5) is 0 Å². The van der Waals surface area contributed by atoms with Crippen LogP contribution in [-0.2, 0) is 11.2 Å². The summed E-state index contributed by atoms with van der Waals surface area (Å²) in [5.41, 5.74) is 2.39. The number of nitrogens with one attached hydrogen (secondary N) is 2. The van der Waals surface area contributed by atoms with Gasteiger partial charge in [-0.1, -0.05) is 12.1 Å². The maximum Gasteiger partial charge on any atom is 0.219 e. The quantitative estimate of drug-likeness (QED) is 0.336. The standard InChI is InChI=1S/C20H33N5O2.HI/c1-16-5-6-18(15-19(16)27-4)7-8-22-20(21-3)23-9-10-24-11-13-25(14-12-24)17(2)26;/h5-6,15H,7-14H2,1-4H3,(H2,21,22,23);1H. The summed E-state index contributed by atoms with van der Waals surface area (Å²) in [4.78, 5) is 19.9. The van der Waals surface area contributed by atoms with Gasteiger partial charge in [-0.2, -0.15) is 0 Å². The van der Waals surface area contributed by atoms with Gasteiger partial charge in [0, 0.05) is 59.8 Å². The van der Waals surface area contributed by atoms with Crippen LogP contribution in [-0.4, -0.2) is 81.6 Å². The predicted octanol–water partition coefficient (Wildman–Crippen LogP) is 1.49. The van der Waals surface area contributed by atoms with Gasteiger partial charge in [0.15, 0.2) is 5.96 Å². The Morgan fingerprint density at radius 1 is 1.18 bits per heavy atom. The van der Waals surface area contributed by atoms with Gasteiger partial charge in [-0.15, -0.1) is 24.0 Å². The molecule has 0 aliphatic carbocycles. The Labute approximate surface area is 185 Å². The maximum atomic E-state index is 11.4. The predicted molar refractivity (Wildman–Crippen MR) is 125 cm³/mol. The molecule has 1 aliphatic heterocycles. The van der Waals surface area contributed by atoms with Gasteiger partial charge < -0.3 is 20.3 Å². The summed E-state index contributed by atoms with van der Waals surface area (Å²) in [5, 5.41) is 6.72. The van der Waals surface area contributed by atoms with Crippen molar-refractivity contribution >= 4 is 35.8 Å². The van der Waals surface area contributed by atoms with Gasteiger partial charge in [0.05, 0.1) is 7.11 Å². The summed E-state index contributed by atoms with van der Waals surface area (Å²) in [6, 6.07) is 6.32. The number of piperazine rings is 1. The van der Waals surface area contributed by atoms with Crippen molar-refractivity contribution in [3.05, 3.63) is 29.3 Å². The molecule has 1 saturated heterocycles. The van der Waals surface area contributed by atoms with E-state index in [2.05, 4.69) is 38.7 Å². The van der Waals surface area contributed by atoms with Crippen LogP contribution in [0, 0.1) is 6.92 Å². The maximum absolute atomic E-state index is 11.4. The van der Waals surface area contributed by atoms with Gasteiger partial charge in [-0.25, -0.2) is 0 Å². The highest BCUT2D eigenvalue weighted by Gasteiger charge is 2.17. The van der Waals surface area contributed by atoms with E-state index in [4.69, 9.17) is 4.74 Å². The molecule has 0 spiro atoms. The summed E-state index contributed by atoms with van der Waals surface area (Å²) in [6.45, 7) is 9.78. The Balaban J connectivity index is 0.00000392. The number of aliphatic imine (C=N–C) groups is 1. The SMILES string of the molecule is CN=C(NCCc1ccc(C)c(OC)c1)NCCN1CCN(C(C)=O)CC1.I. The van der Waals surface area contributed by atoms with E-state index in [1.165, 1.54) is 5.56 Å². The number of carbonyl (C=O) groups is 1. The zero-order valence-electron chi connectivity index (χ0n) is 17.5. The van der Waals surface area contributed by atoms with Crippen LogP contribution in [0.15, 0.2) is 23.2 Å². The number of amides is 1. The first-order chi connectivity index (χ1) is 13.0. The largest absolute Gasteiger partial charge is 0.496 e. The second kappa shape index (κ2) is 12.8. The molecule has 1 aromatic carbocycles. The molecule has 7 nitrogen and oxygen atoms in total. The van der Waals surface area contributed by atoms with Crippen LogP contribution in [0.25, 0.3) is 0 Å². The molecular formula is C20H34IN5O2. The monoisotopic (exact) mass is 503 g/mol. The molecule has 8 heteroatoms. The van der Waals surface area contributed by atoms with Crippen molar-refractivity contribution in [1.82, 2.24) is 20.4 Å². The summed E-state index contributed by atoms with van der Waals surface area (Å²) in [7, 11) is 3.49. The fourth-order valence-corrected chi connectivity index (χ4v) is 3.18. The third-order valence-corrected chi connectivity index (χ3v) is 4.94. The minimum absolute atomic E-state index is 0. The molecule has 0 atom stereocenters. The average molecular weight is 503 g/mol. The first-order valence-corrected chi connectivity index (χ1v) is 9.59. The lowest BCUT2D eigenvalue weighted by Crippen LogP contribution is -2.50. The molecule has 158 valence electrons. The van der Waals surface area contributed by atoms with Crippen molar-refractivity contribution in [1.29, 1.82) is 0 Å². The molecule has 1 aromatic rings. The summed E-state index contributed by atoms with van der Waals surface area (Å²) in [5.74, 6) is 1.92. The smallest absolute Gasteiger partial charge is 0.219 e.